The molecule has 1 atom stereocenters. The third kappa shape index (κ3) is 5.21. The molecule has 6 nitrogen and oxygen atoms in total. The number of nitrogens with one attached hydrogen (secondary N) is 2. The van der Waals surface area contributed by atoms with Crippen molar-refractivity contribution >= 4 is 11.9 Å². The van der Waals surface area contributed by atoms with Crippen LogP contribution in [0.1, 0.15) is 44.6 Å². The van der Waals surface area contributed by atoms with Crippen LogP contribution in [0.4, 0.5) is 4.79 Å². The molecule has 1 fully saturated rings. The lowest BCUT2D eigenvalue weighted by molar-refractivity contribution is -0.134. The van der Waals surface area contributed by atoms with Crippen molar-refractivity contribution in [3.05, 3.63) is 35.9 Å². The van der Waals surface area contributed by atoms with E-state index < -0.39 is 0 Å². The van der Waals surface area contributed by atoms with Crippen LogP contribution in [0.25, 0.3) is 0 Å². The Morgan fingerprint density at radius 1 is 1.23 bits per heavy atom. The molecule has 1 aliphatic heterocycles. The van der Waals surface area contributed by atoms with Crippen molar-refractivity contribution in [3.63, 3.8) is 0 Å². The summed E-state index contributed by atoms with van der Waals surface area (Å²) in [6, 6.07) is 9.71. The van der Waals surface area contributed by atoms with E-state index in [0.717, 1.165) is 24.8 Å². The summed E-state index contributed by atoms with van der Waals surface area (Å²) in [5.74, 6) is -0.00595. The van der Waals surface area contributed by atoms with Gasteiger partial charge in [-0.2, -0.15) is 0 Å². The normalized spacial score (nSPS) is 17.4. The Balaban J connectivity index is 1.99. The molecule has 1 aromatic carbocycles. The van der Waals surface area contributed by atoms with Crippen molar-refractivity contribution in [2.24, 2.45) is 0 Å². The van der Waals surface area contributed by atoms with E-state index in [4.69, 9.17) is 4.74 Å². The fourth-order valence-corrected chi connectivity index (χ4v) is 3.49. The van der Waals surface area contributed by atoms with Crippen LogP contribution in [-0.2, 0) is 9.53 Å². The Hall–Kier alpha value is -2.08. The highest BCUT2D eigenvalue weighted by Crippen LogP contribution is 2.28. The number of urea groups is 1. The standard InChI is InChI=1S/C20H31N3O3/c1-4-21-19(25)22-20(12-15-26-3)10-13-23(14-11-20)18(24)16(2)17-8-6-5-7-9-17/h5-9,16H,4,10-15H2,1-3H3,(H2,21,22,25). The van der Waals surface area contributed by atoms with Gasteiger partial charge >= 0.3 is 6.03 Å². The second-order valence-corrected chi connectivity index (χ2v) is 6.97. The smallest absolute Gasteiger partial charge is 0.315 e. The first-order valence-electron chi connectivity index (χ1n) is 9.40. The van der Waals surface area contributed by atoms with E-state index in [-0.39, 0.29) is 23.4 Å². The molecule has 0 radical (unpaired) electrons. The van der Waals surface area contributed by atoms with Crippen LogP contribution in [0.2, 0.25) is 0 Å². The van der Waals surface area contributed by atoms with Crippen LogP contribution in [0.5, 0.6) is 0 Å². The number of carbonyl (C=O) groups excluding carboxylic acids is 2. The van der Waals surface area contributed by atoms with Crippen molar-refractivity contribution in [2.45, 2.75) is 44.6 Å². The number of piperidine rings is 1. The molecule has 0 bridgehead atoms. The molecule has 3 amide bonds. The minimum atomic E-state index is -0.317. The maximum absolute atomic E-state index is 12.8. The highest BCUT2D eigenvalue weighted by molar-refractivity contribution is 5.83. The summed E-state index contributed by atoms with van der Waals surface area (Å²) in [5.41, 5.74) is 0.719. The molecular weight excluding hydrogens is 330 g/mol. The lowest BCUT2D eigenvalue weighted by atomic mass is 9.84. The van der Waals surface area contributed by atoms with Gasteiger partial charge in [0, 0.05) is 38.9 Å². The molecular formula is C20H31N3O3. The van der Waals surface area contributed by atoms with E-state index in [1.54, 1.807) is 7.11 Å². The zero-order valence-corrected chi connectivity index (χ0v) is 16.1. The van der Waals surface area contributed by atoms with E-state index in [2.05, 4.69) is 10.6 Å². The maximum atomic E-state index is 12.8. The van der Waals surface area contributed by atoms with E-state index >= 15 is 0 Å². The first-order chi connectivity index (χ1) is 12.5. The Morgan fingerprint density at radius 2 is 1.88 bits per heavy atom. The number of hydrogen-bond acceptors (Lipinski definition) is 3. The molecule has 0 aliphatic carbocycles. The molecule has 1 heterocycles. The first kappa shape index (κ1) is 20.2. The molecule has 144 valence electrons. The van der Waals surface area contributed by atoms with Gasteiger partial charge in [0.2, 0.25) is 5.91 Å². The molecule has 0 saturated carbocycles. The van der Waals surface area contributed by atoms with Crippen LogP contribution >= 0.6 is 0 Å². The first-order valence-corrected chi connectivity index (χ1v) is 9.40. The minimum Gasteiger partial charge on any atom is -0.385 e. The van der Waals surface area contributed by atoms with Crippen LogP contribution in [0.3, 0.4) is 0 Å². The SMILES string of the molecule is CCNC(=O)NC1(CCOC)CCN(C(=O)C(C)c2ccccc2)CC1. The van der Waals surface area contributed by atoms with Gasteiger partial charge in [0.25, 0.3) is 0 Å². The summed E-state index contributed by atoms with van der Waals surface area (Å²) in [4.78, 5) is 26.8. The summed E-state index contributed by atoms with van der Waals surface area (Å²) in [6.07, 6.45) is 2.22. The van der Waals surface area contributed by atoms with E-state index in [1.165, 1.54) is 0 Å². The Morgan fingerprint density at radius 3 is 2.46 bits per heavy atom. The summed E-state index contributed by atoms with van der Waals surface area (Å²) >= 11 is 0. The predicted octanol–water partition coefficient (Wildman–Crippen LogP) is 2.51. The molecule has 26 heavy (non-hydrogen) atoms. The minimum absolute atomic E-state index is 0.148. The molecule has 1 unspecified atom stereocenters. The van der Waals surface area contributed by atoms with Gasteiger partial charge in [0.05, 0.1) is 5.92 Å². The second kappa shape index (κ2) is 9.57. The monoisotopic (exact) mass is 361 g/mol. The van der Waals surface area contributed by atoms with Crippen LogP contribution in [0, 0.1) is 0 Å². The van der Waals surface area contributed by atoms with Crippen LogP contribution in [0.15, 0.2) is 30.3 Å². The fraction of sp³-hybridized carbons (Fsp3) is 0.600. The number of likely N-dealkylation sites (tertiary alicyclic amines) is 1. The molecule has 1 saturated heterocycles. The predicted molar refractivity (Wildman–Crippen MR) is 102 cm³/mol. The van der Waals surface area contributed by atoms with Gasteiger partial charge < -0.3 is 20.3 Å². The number of benzene rings is 1. The number of carbonyl (C=O) groups is 2. The van der Waals surface area contributed by atoms with Gasteiger partial charge in [-0.1, -0.05) is 30.3 Å². The second-order valence-electron chi connectivity index (χ2n) is 6.97. The van der Waals surface area contributed by atoms with Gasteiger partial charge in [0.15, 0.2) is 0 Å². The number of amides is 3. The van der Waals surface area contributed by atoms with Crippen molar-refractivity contribution in [1.29, 1.82) is 0 Å². The van der Waals surface area contributed by atoms with Crippen LogP contribution in [-0.4, -0.2) is 55.7 Å². The number of methoxy groups -OCH3 is 1. The Kier molecular flexibility index (Phi) is 7.45. The van der Waals surface area contributed by atoms with Crippen LogP contribution < -0.4 is 10.6 Å². The number of nitrogens with zero attached hydrogens (tertiary/aromatic N) is 1. The quantitative estimate of drug-likeness (QED) is 0.784. The highest BCUT2D eigenvalue weighted by atomic mass is 16.5. The molecule has 1 aromatic rings. The Bertz CT molecular complexity index is 583. The Labute approximate surface area is 156 Å². The van der Waals surface area contributed by atoms with Crippen molar-refractivity contribution < 1.29 is 14.3 Å². The maximum Gasteiger partial charge on any atom is 0.315 e. The van der Waals surface area contributed by atoms with E-state index in [9.17, 15) is 9.59 Å². The van der Waals surface area contributed by atoms with Crippen molar-refractivity contribution in [2.75, 3.05) is 33.4 Å². The molecule has 6 heteroatoms. The molecule has 2 N–H and O–H groups in total. The average molecular weight is 361 g/mol. The van der Waals surface area contributed by atoms with Gasteiger partial charge in [-0.05, 0) is 38.7 Å². The molecule has 0 spiro atoms. The summed E-state index contributed by atoms with van der Waals surface area (Å²) < 4.78 is 5.23. The zero-order chi connectivity index (χ0) is 19.0. The van der Waals surface area contributed by atoms with E-state index in [1.807, 2.05) is 49.1 Å². The number of rotatable bonds is 7. The number of hydrogen-bond donors (Lipinski definition) is 2. The number of ether oxygens (including phenoxy) is 1. The molecule has 2 rings (SSSR count). The lowest BCUT2D eigenvalue weighted by Crippen LogP contribution is -2.58. The zero-order valence-electron chi connectivity index (χ0n) is 16.1. The average Bonchev–Trinajstić information content (AvgIpc) is 2.67. The molecule has 1 aliphatic rings. The summed E-state index contributed by atoms with van der Waals surface area (Å²) in [5, 5.41) is 5.92. The van der Waals surface area contributed by atoms with Gasteiger partial charge in [-0.15, -0.1) is 0 Å². The summed E-state index contributed by atoms with van der Waals surface area (Å²) in [7, 11) is 1.67. The molecule has 0 aromatic heterocycles. The van der Waals surface area contributed by atoms with E-state index in [0.29, 0.717) is 26.2 Å². The largest absolute Gasteiger partial charge is 0.385 e. The van der Waals surface area contributed by atoms with Crippen molar-refractivity contribution in [3.8, 4) is 0 Å². The highest BCUT2D eigenvalue weighted by Gasteiger charge is 2.37. The van der Waals surface area contributed by atoms with Gasteiger partial charge in [-0.25, -0.2) is 4.79 Å². The lowest BCUT2D eigenvalue weighted by Gasteiger charge is -2.43. The third-order valence-corrected chi connectivity index (χ3v) is 5.20. The van der Waals surface area contributed by atoms with Gasteiger partial charge in [0.1, 0.15) is 0 Å². The fourth-order valence-electron chi connectivity index (χ4n) is 3.49. The van der Waals surface area contributed by atoms with Gasteiger partial charge in [-0.3, -0.25) is 4.79 Å². The topological polar surface area (TPSA) is 70.7 Å². The summed E-state index contributed by atoms with van der Waals surface area (Å²) in [6.45, 7) is 6.31. The van der Waals surface area contributed by atoms with Crippen molar-refractivity contribution in [1.82, 2.24) is 15.5 Å². The third-order valence-electron chi connectivity index (χ3n) is 5.20.